The second-order valence-corrected chi connectivity index (χ2v) is 18.6. The maximum atomic E-state index is 14.7. The van der Waals surface area contributed by atoms with E-state index in [0.29, 0.717) is 5.56 Å². The van der Waals surface area contributed by atoms with Crippen molar-refractivity contribution < 1.29 is 48.3 Å². The number of nitrogens with one attached hydrogen (secondary N) is 10. The monoisotopic (exact) mass is 1070 g/mol. The number of amides is 9. The minimum absolute atomic E-state index is 0.00871. The summed E-state index contributed by atoms with van der Waals surface area (Å²) < 4.78 is 0. The van der Waals surface area contributed by atoms with Crippen LogP contribution in [0.4, 0.5) is 4.79 Å². The Kier molecular flexibility index (Phi) is 25.4. The number of aliphatic imine (C=N–C) groups is 2. The lowest BCUT2D eigenvalue weighted by Crippen LogP contribution is -2.60. The van der Waals surface area contributed by atoms with Crippen molar-refractivity contribution in [3.05, 3.63) is 71.9 Å². The summed E-state index contributed by atoms with van der Waals surface area (Å²) in [6.07, 6.45) is 1.92. The predicted octanol–water partition coefficient (Wildman–Crippen LogP) is -2.83. The third-order valence-corrected chi connectivity index (χ3v) is 12.4. The molecule has 27 heteroatoms. The van der Waals surface area contributed by atoms with Crippen LogP contribution in [0.3, 0.4) is 0 Å². The number of fused-ring (bicyclic) bond motifs is 1. The van der Waals surface area contributed by atoms with Crippen LogP contribution in [-0.4, -0.2) is 150 Å². The first-order valence-corrected chi connectivity index (χ1v) is 25.5. The average molecular weight is 1070 g/mol. The number of carboxylic acids is 1. The Balaban J connectivity index is 1.77. The summed E-state index contributed by atoms with van der Waals surface area (Å²) in [6, 6.07) is 6.70. The number of guanidine groups is 2. The van der Waals surface area contributed by atoms with Gasteiger partial charge in [0.25, 0.3) is 0 Å². The minimum atomic E-state index is -1.50. The van der Waals surface area contributed by atoms with Crippen LogP contribution in [0.25, 0.3) is 10.9 Å². The number of urea groups is 1. The van der Waals surface area contributed by atoms with Gasteiger partial charge in [-0.3, -0.25) is 48.3 Å². The highest BCUT2D eigenvalue weighted by atomic mass is 16.4. The van der Waals surface area contributed by atoms with Gasteiger partial charge >= 0.3 is 12.0 Å². The molecule has 1 fully saturated rings. The van der Waals surface area contributed by atoms with E-state index in [4.69, 9.17) is 28.7 Å². The van der Waals surface area contributed by atoms with Gasteiger partial charge in [0, 0.05) is 75.6 Å². The average Bonchev–Trinajstić information content (AvgIpc) is 3.79. The van der Waals surface area contributed by atoms with E-state index in [1.165, 1.54) is 6.92 Å². The van der Waals surface area contributed by atoms with Crippen LogP contribution in [0.15, 0.2) is 70.8 Å². The fraction of sp³-hybridized carbons (Fsp3) is 0.500. The second kappa shape index (κ2) is 32.1. The van der Waals surface area contributed by atoms with E-state index >= 15 is 0 Å². The largest absolute Gasteiger partial charge is 0.480 e. The van der Waals surface area contributed by atoms with Gasteiger partial charge in [-0.2, -0.15) is 0 Å². The smallest absolute Gasteiger partial charge is 0.320 e. The standard InChI is InChI=1S/C50H75N17O10/c1-29(68)62-35(15-7-22-57-48(51)52)43(71)66-38-19-20-41(69)56-21-10-18-39(47(75)76)61-28-32(26-31-27-60-34-14-6-5-13-33(31)34)63-42(70)36(16-8-23-58-49(53)54)65-46(74)40(25-30-11-3-2-4-12-30)67-44(72)37(64-45(38)73)17-9-24-59-50(55)77/h2-6,11-14,27,32,35-40,60-61H,7-10,15-26,28H2,1H3,(H,56,69)(H,62,68)(H,63,70)(H,64,73)(H,65,74)(H,66,71)(H,67,72)(H,75,76)(H4,51,52,57)(H4,53,54,58)(H3,55,59,77)/t32-,35-,36-,37-,38-,39-,40+/m0/s1. The van der Waals surface area contributed by atoms with Crippen LogP contribution in [0, 0.1) is 0 Å². The molecule has 0 aliphatic carbocycles. The number of primary amides is 1. The number of aliphatic carboxylic acids is 1. The first-order valence-electron chi connectivity index (χ1n) is 25.5. The Hall–Kier alpha value is -8.49. The zero-order chi connectivity index (χ0) is 56.3. The van der Waals surface area contributed by atoms with Gasteiger partial charge in [0.05, 0.1) is 0 Å². The molecule has 0 unspecified atom stereocenters. The molecule has 1 aliphatic heterocycles. The molecule has 1 saturated heterocycles. The fourth-order valence-electron chi connectivity index (χ4n) is 8.53. The highest BCUT2D eigenvalue weighted by molar-refractivity contribution is 5.97. The number of carboxylic acid groups (broad SMARTS) is 1. The number of nitrogens with zero attached hydrogens (tertiary/aromatic N) is 2. The van der Waals surface area contributed by atoms with Gasteiger partial charge < -0.3 is 86.6 Å². The van der Waals surface area contributed by atoms with Crippen molar-refractivity contribution in [2.45, 2.75) is 126 Å². The molecule has 2 aromatic carbocycles. The molecule has 7 atom stereocenters. The lowest BCUT2D eigenvalue weighted by atomic mass is 10.0. The van der Waals surface area contributed by atoms with Crippen molar-refractivity contribution in [2.24, 2.45) is 38.7 Å². The van der Waals surface area contributed by atoms with Crippen LogP contribution in [-0.2, 0) is 51.2 Å². The van der Waals surface area contributed by atoms with Gasteiger partial charge in [0.1, 0.15) is 36.3 Å². The first-order chi connectivity index (χ1) is 36.8. The number of nitrogens with two attached hydrogens (primary N) is 5. The third kappa shape index (κ3) is 22.5. The van der Waals surface area contributed by atoms with Crippen molar-refractivity contribution >= 4 is 76.2 Å². The SMILES string of the molecule is CC(=O)N[C@@H](CCCN=C(N)N)C(=O)N[C@H]1CCC(=O)NCCC[C@@H](C(=O)O)NC[C@H](Cc2c[nH]c3ccccc23)NC(=O)[C@H](CCCN=C(N)N)NC(=O)[C@@H](Cc2ccccc2)NC(=O)[C@H](CCCNC(N)=O)NC1=O. The van der Waals surface area contributed by atoms with Gasteiger partial charge in [-0.1, -0.05) is 48.5 Å². The number of aromatic nitrogens is 1. The second-order valence-electron chi connectivity index (χ2n) is 18.6. The number of benzene rings is 2. The van der Waals surface area contributed by atoms with Gasteiger partial charge in [-0.15, -0.1) is 0 Å². The lowest BCUT2D eigenvalue weighted by Gasteiger charge is -2.28. The van der Waals surface area contributed by atoms with Gasteiger partial charge in [-0.05, 0) is 81.4 Å². The van der Waals surface area contributed by atoms with Crippen molar-refractivity contribution in [1.82, 2.24) is 52.8 Å². The summed E-state index contributed by atoms with van der Waals surface area (Å²) in [5.74, 6) is -6.69. The van der Waals surface area contributed by atoms with Crippen LogP contribution in [0.5, 0.6) is 0 Å². The summed E-state index contributed by atoms with van der Waals surface area (Å²) >= 11 is 0. The van der Waals surface area contributed by atoms with E-state index < -0.39 is 95.6 Å². The van der Waals surface area contributed by atoms with Crippen molar-refractivity contribution in [1.29, 1.82) is 0 Å². The number of aromatic amines is 1. The van der Waals surface area contributed by atoms with Gasteiger partial charge in [-0.25, -0.2) is 4.79 Å². The lowest BCUT2D eigenvalue weighted by molar-refractivity contribution is -0.139. The first kappa shape index (κ1) is 61.1. The molecule has 0 spiro atoms. The molecule has 9 amide bonds. The Labute approximate surface area is 445 Å². The summed E-state index contributed by atoms with van der Waals surface area (Å²) in [4.78, 5) is 133. The Morgan fingerprint density at radius 1 is 0.740 bits per heavy atom. The molecule has 77 heavy (non-hydrogen) atoms. The van der Waals surface area contributed by atoms with E-state index in [1.807, 2.05) is 24.3 Å². The minimum Gasteiger partial charge on any atom is -0.480 e. The van der Waals surface area contributed by atoms with E-state index in [0.717, 1.165) is 16.5 Å². The van der Waals surface area contributed by atoms with Crippen LogP contribution >= 0.6 is 0 Å². The number of hydrogen-bond acceptors (Lipinski definition) is 12. The molecule has 4 rings (SSSR count). The van der Waals surface area contributed by atoms with E-state index in [-0.39, 0.29) is 122 Å². The molecular formula is C50H75N17O10. The quantitative estimate of drug-likeness (QED) is 0.0308. The van der Waals surface area contributed by atoms with Crippen LogP contribution < -0.4 is 76.5 Å². The predicted molar refractivity (Wildman–Crippen MR) is 287 cm³/mol. The molecule has 0 radical (unpaired) electrons. The molecule has 21 N–H and O–H groups in total. The van der Waals surface area contributed by atoms with Crippen molar-refractivity contribution in [3.63, 3.8) is 0 Å². The zero-order valence-electron chi connectivity index (χ0n) is 43.2. The number of para-hydroxylation sites is 1. The highest BCUT2D eigenvalue weighted by Crippen LogP contribution is 2.20. The Morgan fingerprint density at radius 3 is 2.04 bits per heavy atom. The van der Waals surface area contributed by atoms with Gasteiger partial charge in [0.2, 0.25) is 41.4 Å². The topological polar surface area (TPSA) is 453 Å². The summed E-state index contributed by atoms with van der Waals surface area (Å²) in [7, 11) is 0. The zero-order valence-corrected chi connectivity index (χ0v) is 43.2. The number of H-pyrrole nitrogens is 1. The maximum Gasteiger partial charge on any atom is 0.320 e. The van der Waals surface area contributed by atoms with E-state index in [2.05, 4.69) is 62.8 Å². The van der Waals surface area contributed by atoms with Gasteiger partial charge in [0.15, 0.2) is 11.9 Å². The van der Waals surface area contributed by atoms with Crippen LogP contribution in [0.1, 0.15) is 82.3 Å². The van der Waals surface area contributed by atoms with Crippen molar-refractivity contribution in [3.8, 4) is 0 Å². The molecule has 1 aromatic heterocycles. The van der Waals surface area contributed by atoms with E-state index in [1.54, 1.807) is 36.5 Å². The molecule has 1 aliphatic rings. The molecule has 3 aromatic rings. The summed E-state index contributed by atoms with van der Waals surface area (Å²) in [5, 5.41) is 35.8. The third-order valence-electron chi connectivity index (χ3n) is 12.4. The number of carbonyl (C=O) groups excluding carboxylic acids is 8. The molecular weight excluding hydrogens is 999 g/mol. The Bertz CT molecular complexity index is 2530. The Morgan fingerprint density at radius 2 is 1.36 bits per heavy atom. The molecule has 0 saturated carbocycles. The number of rotatable bonds is 20. The molecule has 27 nitrogen and oxygen atoms in total. The normalized spacial score (nSPS) is 20.8. The molecule has 0 bridgehead atoms. The highest BCUT2D eigenvalue weighted by Gasteiger charge is 2.34. The van der Waals surface area contributed by atoms with E-state index in [9.17, 15) is 48.3 Å². The fourth-order valence-corrected chi connectivity index (χ4v) is 8.53. The molecule has 2 heterocycles. The van der Waals surface area contributed by atoms with Crippen molar-refractivity contribution in [2.75, 3.05) is 32.7 Å². The van der Waals surface area contributed by atoms with Crippen LogP contribution in [0.2, 0.25) is 0 Å². The summed E-state index contributed by atoms with van der Waals surface area (Å²) in [6.45, 7) is 1.36. The molecule has 420 valence electrons. The number of carbonyl (C=O) groups is 9. The summed E-state index contributed by atoms with van der Waals surface area (Å²) in [5.41, 5.74) is 29.6. The number of hydrogen-bond donors (Lipinski definition) is 16. The maximum absolute atomic E-state index is 14.7.